The van der Waals surface area contributed by atoms with Crippen molar-refractivity contribution in [1.29, 1.82) is 0 Å². The zero-order chi connectivity index (χ0) is 24.3. The molecule has 0 radical (unpaired) electrons. The van der Waals surface area contributed by atoms with Gasteiger partial charge in [-0.05, 0) is 54.3 Å². The van der Waals surface area contributed by atoms with Crippen LogP contribution < -0.4 is 18.9 Å². The summed E-state index contributed by atoms with van der Waals surface area (Å²) >= 11 is 0. The number of hydrogen-bond acceptors (Lipinski definition) is 6. The van der Waals surface area contributed by atoms with Crippen LogP contribution in [0.2, 0.25) is 0 Å². The minimum absolute atomic E-state index is 0.0337. The van der Waals surface area contributed by atoms with Crippen LogP contribution in [-0.2, 0) is 16.1 Å². The second kappa shape index (κ2) is 12.7. The Balaban J connectivity index is 1.79. The Hall–Kier alpha value is -3.45. The summed E-state index contributed by atoms with van der Waals surface area (Å²) < 4.78 is 27.6. The third-order valence-corrected chi connectivity index (χ3v) is 5.51. The second-order valence-corrected chi connectivity index (χ2v) is 7.92. The van der Waals surface area contributed by atoms with Crippen LogP contribution in [0.1, 0.15) is 24.0 Å². The summed E-state index contributed by atoms with van der Waals surface area (Å²) in [7, 11) is 4.79. The molecule has 0 bridgehead atoms. The minimum atomic E-state index is -0.108. The molecule has 1 unspecified atom stereocenters. The van der Waals surface area contributed by atoms with E-state index in [4.69, 9.17) is 23.7 Å². The van der Waals surface area contributed by atoms with Crippen molar-refractivity contribution >= 4 is 12.0 Å². The van der Waals surface area contributed by atoms with E-state index in [-0.39, 0.29) is 12.0 Å². The number of hydrogen-bond donors (Lipinski definition) is 0. The second-order valence-electron chi connectivity index (χ2n) is 7.92. The Morgan fingerprint density at radius 1 is 1.09 bits per heavy atom. The molecule has 1 aliphatic heterocycles. The fraction of sp³-hybridized carbons (Fsp3) is 0.370. The maximum absolute atomic E-state index is 13.2. The van der Waals surface area contributed by atoms with Gasteiger partial charge in [-0.25, -0.2) is 0 Å². The largest absolute Gasteiger partial charge is 0.497 e. The van der Waals surface area contributed by atoms with E-state index < -0.39 is 0 Å². The molecule has 7 nitrogen and oxygen atoms in total. The van der Waals surface area contributed by atoms with Crippen molar-refractivity contribution < 1.29 is 28.5 Å². The van der Waals surface area contributed by atoms with Crippen LogP contribution in [0, 0.1) is 0 Å². The lowest BCUT2D eigenvalue weighted by atomic mass is 10.1. The molecule has 2 aromatic rings. The molecule has 34 heavy (non-hydrogen) atoms. The molecule has 0 aliphatic carbocycles. The van der Waals surface area contributed by atoms with Gasteiger partial charge < -0.3 is 28.6 Å². The van der Waals surface area contributed by atoms with E-state index in [9.17, 15) is 4.79 Å². The third-order valence-electron chi connectivity index (χ3n) is 5.51. The molecule has 1 aliphatic rings. The molecule has 1 saturated heterocycles. The summed E-state index contributed by atoms with van der Waals surface area (Å²) in [4.78, 5) is 15.0. The van der Waals surface area contributed by atoms with Crippen molar-refractivity contribution in [2.75, 3.05) is 41.1 Å². The lowest BCUT2D eigenvalue weighted by Gasteiger charge is -2.25. The van der Waals surface area contributed by atoms with Crippen molar-refractivity contribution in [3.05, 3.63) is 66.3 Å². The van der Waals surface area contributed by atoms with Gasteiger partial charge in [-0.1, -0.05) is 18.7 Å². The van der Waals surface area contributed by atoms with Crippen molar-refractivity contribution in [2.24, 2.45) is 0 Å². The van der Waals surface area contributed by atoms with Gasteiger partial charge in [0.25, 0.3) is 0 Å². The summed E-state index contributed by atoms with van der Waals surface area (Å²) in [5.41, 5.74) is 1.75. The van der Waals surface area contributed by atoms with Gasteiger partial charge in [0.05, 0.1) is 27.4 Å². The molecule has 0 N–H and O–H groups in total. The number of ether oxygens (including phenoxy) is 5. The van der Waals surface area contributed by atoms with Gasteiger partial charge in [-0.15, -0.1) is 0 Å². The first kappa shape index (κ1) is 25.2. The van der Waals surface area contributed by atoms with Crippen molar-refractivity contribution in [2.45, 2.75) is 25.5 Å². The summed E-state index contributed by atoms with van der Waals surface area (Å²) in [6, 6.07) is 11.2. The molecule has 0 spiro atoms. The van der Waals surface area contributed by atoms with E-state index >= 15 is 0 Å². The van der Waals surface area contributed by atoms with Crippen LogP contribution in [0.3, 0.4) is 0 Å². The standard InChI is InChI=1S/C27H33NO6/c1-5-12-34-25-10-8-21(16-26(25)32-4)18-28(19-22-7-6-13-33-22)27(29)11-9-20-14-23(30-2)17-24(15-20)31-3/h5,8-11,14-17,22H,1,6-7,12-13,18-19H2,2-4H3/b11-9+. The molecule has 1 amide bonds. The number of rotatable bonds is 12. The van der Waals surface area contributed by atoms with Crippen molar-refractivity contribution in [3.8, 4) is 23.0 Å². The Morgan fingerprint density at radius 3 is 2.47 bits per heavy atom. The number of benzene rings is 2. The SMILES string of the molecule is C=CCOc1ccc(CN(CC2CCCO2)C(=O)/C=C/c2cc(OC)cc(OC)c2)cc1OC. The average Bonchev–Trinajstić information content (AvgIpc) is 3.38. The molecule has 1 atom stereocenters. The normalized spacial score (nSPS) is 15.2. The Morgan fingerprint density at radius 2 is 1.85 bits per heavy atom. The van der Waals surface area contributed by atoms with Crippen LogP contribution in [0.25, 0.3) is 6.08 Å². The highest BCUT2D eigenvalue weighted by Crippen LogP contribution is 2.29. The molecule has 0 saturated carbocycles. The van der Waals surface area contributed by atoms with Crippen molar-refractivity contribution in [3.63, 3.8) is 0 Å². The monoisotopic (exact) mass is 467 g/mol. The molecule has 1 fully saturated rings. The van der Waals surface area contributed by atoms with E-state index in [1.165, 1.54) is 0 Å². The lowest BCUT2D eigenvalue weighted by molar-refractivity contribution is -0.128. The number of nitrogens with zero attached hydrogens (tertiary/aromatic N) is 1. The molecular weight excluding hydrogens is 434 g/mol. The predicted molar refractivity (Wildman–Crippen MR) is 132 cm³/mol. The van der Waals surface area contributed by atoms with E-state index in [0.717, 1.165) is 30.6 Å². The number of carbonyl (C=O) groups excluding carboxylic acids is 1. The van der Waals surface area contributed by atoms with Crippen molar-refractivity contribution in [1.82, 2.24) is 4.90 Å². The first-order chi connectivity index (χ1) is 16.6. The van der Waals surface area contributed by atoms with Gasteiger partial charge in [-0.2, -0.15) is 0 Å². The summed E-state index contributed by atoms with van der Waals surface area (Å²) in [5.74, 6) is 2.46. The number of carbonyl (C=O) groups is 1. The summed E-state index contributed by atoms with van der Waals surface area (Å²) in [6.07, 6.45) is 7.00. The zero-order valence-corrected chi connectivity index (χ0v) is 20.1. The number of methoxy groups -OCH3 is 3. The van der Waals surface area contributed by atoms with Crippen LogP contribution in [0.15, 0.2) is 55.1 Å². The Bertz CT molecular complexity index is 974. The van der Waals surface area contributed by atoms with Gasteiger partial charge in [0, 0.05) is 31.8 Å². The van der Waals surface area contributed by atoms with E-state index in [1.807, 2.05) is 30.3 Å². The van der Waals surface area contributed by atoms with Crippen LogP contribution in [0.4, 0.5) is 0 Å². The summed E-state index contributed by atoms with van der Waals surface area (Å²) in [6.45, 7) is 5.73. The third kappa shape index (κ3) is 7.02. The van der Waals surface area contributed by atoms with Gasteiger partial charge in [0.1, 0.15) is 18.1 Å². The smallest absolute Gasteiger partial charge is 0.246 e. The van der Waals surface area contributed by atoms with E-state index in [1.54, 1.807) is 50.5 Å². The topological polar surface area (TPSA) is 66.5 Å². The maximum atomic E-state index is 13.2. The molecule has 182 valence electrons. The first-order valence-electron chi connectivity index (χ1n) is 11.3. The lowest BCUT2D eigenvalue weighted by Crippen LogP contribution is -2.35. The fourth-order valence-electron chi connectivity index (χ4n) is 3.76. The van der Waals surface area contributed by atoms with Crippen LogP contribution in [0.5, 0.6) is 23.0 Å². The first-order valence-corrected chi connectivity index (χ1v) is 11.3. The Labute approximate surface area is 201 Å². The van der Waals surface area contributed by atoms with E-state index in [2.05, 4.69) is 6.58 Å². The highest BCUT2D eigenvalue weighted by atomic mass is 16.5. The minimum Gasteiger partial charge on any atom is -0.497 e. The molecule has 0 aromatic heterocycles. The quantitative estimate of drug-likeness (QED) is 0.338. The van der Waals surface area contributed by atoms with E-state index in [0.29, 0.717) is 42.7 Å². The fourth-order valence-corrected chi connectivity index (χ4v) is 3.76. The van der Waals surface area contributed by atoms with Gasteiger partial charge >= 0.3 is 0 Å². The van der Waals surface area contributed by atoms with Gasteiger partial charge in [-0.3, -0.25) is 4.79 Å². The number of amides is 1. The highest BCUT2D eigenvalue weighted by Gasteiger charge is 2.22. The predicted octanol–water partition coefficient (Wildman–Crippen LogP) is 4.50. The van der Waals surface area contributed by atoms with Crippen LogP contribution in [-0.4, -0.2) is 58.0 Å². The average molecular weight is 468 g/mol. The highest BCUT2D eigenvalue weighted by molar-refractivity contribution is 5.92. The zero-order valence-electron chi connectivity index (χ0n) is 20.1. The molecular formula is C27H33NO6. The molecule has 7 heteroatoms. The van der Waals surface area contributed by atoms with Crippen LogP contribution >= 0.6 is 0 Å². The molecule has 2 aromatic carbocycles. The summed E-state index contributed by atoms with van der Waals surface area (Å²) in [5, 5.41) is 0. The Kier molecular flexibility index (Phi) is 9.40. The van der Waals surface area contributed by atoms with Gasteiger partial charge in [0.2, 0.25) is 5.91 Å². The molecule has 3 rings (SSSR count). The maximum Gasteiger partial charge on any atom is 0.246 e. The molecule has 1 heterocycles. The van der Waals surface area contributed by atoms with Gasteiger partial charge in [0.15, 0.2) is 11.5 Å².